The first-order valence-corrected chi connectivity index (χ1v) is 15.7. The van der Waals surface area contributed by atoms with E-state index in [0.717, 1.165) is 28.3 Å². The molecule has 0 spiro atoms. The van der Waals surface area contributed by atoms with E-state index < -0.39 is 0 Å². The minimum Gasteiger partial charge on any atom is -0.310 e. The molecule has 0 aliphatic rings. The number of aromatic nitrogens is 1. The van der Waals surface area contributed by atoms with Gasteiger partial charge in [-0.05, 0) is 71.3 Å². The Bertz CT molecular complexity index is 2280. The maximum atomic E-state index is 2.39. The third-order valence-corrected chi connectivity index (χ3v) is 8.58. The highest BCUT2D eigenvalue weighted by atomic mass is 15.1. The van der Waals surface area contributed by atoms with Crippen LogP contribution >= 0.6 is 0 Å². The summed E-state index contributed by atoms with van der Waals surface area (Å²) in [5.41, 5.74) is 11.6. The molecule has 0 bridgehead atoms. The molecule has 8 rings (SSSR count). The Kier molecular flexibility index (Phi) is 7.22. The van der Waals surface area contributed by atoms with Gasteiger partial charge in [0.15, 0.2) is 0 Å². The molecule has 2 heteroatoms. The largest absolute Gasteiger partial charge is 0.310 e. The lowest BCUT2D eigenvalue weighted by atomic mass is 10.0. The zero-order chi connectivity index (χ0) is 30.7. The average Bonchev–Trinajstić information content (AvgIpc) is 3.47. The van der Waals surface area contributed by atoms with Gasteiger partial charge in [-0.1, -0.05) is 140 Å². The van der Waals surface area contributed by atoms with Gasteiger partial charge in [0, 0.05) is 33.4 Å². The summed E-state index contributed by atoms with van der Waals surface area (Å²) in [6.45, 7) is 0. The third kappa shape index (κ3) is 5.16. The number of hydrogen-bond donors (Lipinski definition) is 0. The van der Waals surface area contributed by atoms with Crippen LogP contribution in [-0.4, -0.2) is 4.57 Å². The normalized spacial score (nSPS) is 11.4. The molecule has 0 unspecified atom stereocenters. The van der Waals surface area contributed by atoms with Crippen LogP contribution in [0.4, 0.5) is 17.1 Å². The van der Waals surface area contributed by atoms with Crippen LogP contribution in [0.5, 0.6) is 0 Å². The number of hydrogen-bond acceptors (Lipinski definition) is 1. The lowest BCUT2D eigenvalue weighted by Gasteiger charge is -2.28. The minimum atomic E-state index is 1.10. The van der Waals surface area contributed by atoms with Crippen molar-refractivity contribution in [1.82, 2.24) is 4.57 Å². The second kappa shape index (κ2) is 12.1. The van der Waals surface area contributed by atoms with E-state index in [1.807, 2.05) is 6.07 Å². The third-order valence-electron chi connectivity index (χ3n) is 8.58. The van der Waals surface area contributed by atoms with Crippen LogP contribution in [-0.2, 0) is 0 Å². The first kappa shape index (κ1) is 27.4. The molecule has 0 amide bonds. The van der Waals surface area contributed by atoms with E-state index in [2.05, 4.69) is 198 Å². The molecule has 7 aromatic carbocycles. The van der Waals surface area contributed by atoms with E-state index >= 15 is 0 Å². The lowest BCUT2D eigenvalue weighted by Crippen LogP contribution is -2.11. The van der Waals surface area contributed by atoms with Crippen molar-refractivity contribution < 1.29 is 0 Å². The van der Waals surface area contributed by atoms with Gasteiger partial charge in [-0.15, -0.1) is 0 Å². The molecule has 0 saturated carbocycles. The summed E-state index contributed by atoms with van der Waals surface area (Å²) in [4.78, 5) is 2.39. The van der Waals surface area contributed by atoms with Gasteiger partial charge in [-0.25, -0.2) is 0 Å². The first-order valence-electron chi connectivity index (χ1n) is 15.7. The summed E-state index contributed by atoms with van der Waals surface area (Å²) in [6, 6.07) is 64.8. The molecular weight excluding hydrogens is 556 g/mol. The summed E-state index contributed by atoms with van der Waals surface area (Å²) in [7, 11) is 0. The standard InChI is InChI=1S/C44H32N2/c1-4-14-33(15-5-1)24-25-34-26-28-37(29-27-34)45(42-22-12-10-20-39(42)35-16-6-2-7-17-35)38-30-31-44-41(32-38)40-21-11-13-23-43(40)46(44)36-18-8-3-9-19-36/h1-32H. The summed E-state index contributed by atoms with van der Waals surface area (Å²) in [6.07, 6.45) is 4.33. The topological polar surface area (TPSA) is 8.17 Å². The van der Waals surface area contributed by atoms with Gasteiger partial charge in [0.05, 0.1) is 16.7 Å². The van der Waals surface area contributed by atoms with E-state index in [9.17, 15) is 0 Å². The summed E-state index contributed by atoms with van der Waals surface area (Å²) < 4.78 is 2.37. The maximum absolute atomic E-state index is 2.39. The van der Waals surface area contributed by atoms with Crippen LogP contribution in [0.2, 0.25) is 0 Å². The molecule has 2 nitrogen and oxygen atoms in total. The van der Waals surface area contributed by atoms with Crippen molar-refractivity contribution in [3.05, 3.63) is 193 Å². The molecule has 0 aliphatic carbocycles. The number of nitrogens with zero attached hydrogens (tertiary/aromatic N) is 2. The highest BCUT2D eigenvalue weighted by Crippen LogP contribution is 2.43. The van der Waals surface area contributed by atoms with Crippen molar-refractivity contribution in [3.63, 3.8) is 0 Å². The maximum Gasteiger partial charge on any atom is 0.0542 e. The van der Waals surface area contributed by atoms with Crippen molar-refractivity contribution in [2.45, 2.75) is 0 Å². The van der Waals surface area contributed by atoms with Crippen LogP contribution in [0.3, 0.4) is 0 Å². The fraction of sp³-hybridized carbons (Fsp3) is 0. The van der Waals surface area contributed by atoms with E-state index in [0.29, 0.717) is 0 Å². The van der Waals surface area contributed by atoms with Crippen molar-refractivity contribution in [2.75, 3.05) is 4.90 Å². The summed E-state index contributed by atoms with van der Waals surface area (Å²) >= 11 is 0. The SMILES string of the molecule is C(=Cc1ccc(N(c2ccc3c(c2)c2ccccc2n3-c2ccccc2)c2ccccc2-c2ccccc2)cc1)c1ccccc1. The van der Waals surface area contributed by atoms with Gasteiger partial charge < -0.3 is 9.47 Å². The highest BCUT2D eigenvalue weighted by Gasteiger charge is 2.19. The summed E-state index contributed by atoms with van der Waals surface area (Å²) in [5, 5.41) is 2.46. The average molecular weight is 589 g/mol. The van der Waals surface area contributed by atoms with E-state index in [4.69, 9.17) is 0 Å². The van der Waals surface area contributed by atoms with Crippen molar-refractivity contribution >= 4 is 51.0 Å². The molecule has 0 N–H and O–H groups in total. The summed E-state index contributed by atoms with van der Waals surface area (Å²) in [5.74, 6) is 0. The number of fused-ring (bicyclic) bond motifs is 3. The van der Waals surface area contributed by atoms with E-state index in [-0.39, 0.29) is 0 Å². The smallest absolute Gasteiger partial charge is 0.0542 e. The Balaban J connectivity index is 1.30. The van der Waals surface area contributed by atoms with Crippen LogP contribution in [0.25, 0.3) is 50.8 Å². The first-order chi connectivity index (χ1) is 22.8. The monoisotopic (exact) mass is 588 g/mol. The number of para-hydroxylation sites is 3. The predicted molar refractivity (Wildman–Crippen MR) is 196 cm³/mol. The predicted octanol–water partition coefficient (Wildman–Crippen LogP) is 12.1. The van der Waals surface area contributed by atoms with Crippen molar-refractivity contribution in [2.24, 2.45) is 0 Å². The van der Waals surface area contributed by atoms with Gasteiger partial charge in [0.2, 0.25) is 0 Å². The molecule has 0 aliphatic heterocycles. The van der Waals surface area contributed by atoms with E-state index in [1.54, 1.807) is 0 Å². The van der Waals surface area contributed by atoms with Gasteiger partial charge in [0.25, 0.3) is 0 Å². The molecule has 218 valence electrons. The highest BCUT2D eigenvalue weighted by molar-refractivity contribution is 6.10. The van der Waals surface area contributed by atoms with Crippen LogP contribution in [0.15, 0.2) is 182 Å². The molecule has 46 heavy (non-hydrogen) atoms. The van der Waals surface area contributed by atoms with E-state index in [1.165, 1.54) is 38.5 Å². The Hall–Kier alpha value is -6.12. The number of rotatable bonds is 7. The Morgan fingerprint density at radius 2 is 0.978 bits per heavy atom. The van der Waals surface area contributed by atoms with Gasteiger partial charge >= 0.3 is 0 Å². The Morgan fingerprint density at radius 3 is 1.74 bits per heavy atom. The molecule has 8 aromatic rings. The quantitative estimate of drug-likeness (QED) is 0.168. The second-order valence-electron chi connectivity index (χ2n) is 11.4. The minimum absolute atomic E-state index is 1.10. The molecule has 1 heterocycles. The number of anilines is 3. The van der Waals surface area contributed by atoms with Crippen LogP contribution in [0, 0.1) is 0 Å². The molecular formula is C44H32N2. The van der Waals surface area contributed by atoms with Crippen molar-refractivity contribution in [3.8, 4) is 16.8 Å². The fourth-order valence-electron chi connectivity index (χ4n) is 6.40. The fourth-order valence-corrected chi connectivity index (χ4v) is 6.40. The zero-order valence-corrected chi connectivity index (χ0v) is 25.4. The zero-order valence-electron chi connectivity index (χ0n) is 25.4. The van der Waals surface area contributed by atoms with Crippen molar-refractivity contribution in [1.29, 1.82) is 0 Å². The molecule has 1 aromatic heterocycles. The Morgan fingerprint density at radius 1 is 0.413 bits per heavy atom. The van der Waals surface area contributed by atoms with Crippen LogP contribution < -0.4 is 4.90 Å². The molecule has 0 saturated heterocycles. The molecule has 0 atom stereocenters. The lowest BCUT2D eigenvalue weighted by molar-refractivity contribution is 1.18. The van der Waals surface area contributed by atoms with Gasteiger partial charge in [-0.2, -0.15) is 0 Å². The van der Waals surface area contributed by atoms with Gasteiger partial charge in [-0.3, -0.25) is 0 Å². The van der Waals surface area contributed by atoms with Gasteiger partial charge in [0.1, 0.15) is 0 Å². The Labute approximate surface area is 269 Å². The van der Waals surface area contributed by atoms with Crippen LogP contribution in [0.1, 0.15) is 11.1 Å². The number of benzene rings is 7. The molecule has 0 radical (unpaired) electrons. The molecule has 0 fully saturated rings. The second-order valence-corrected chi connectivity index (χ2v) is 11.4.